The number of hydrogen-bond acceptors (Lipinski definition) is 9. The van der Waals surface area contributed by atoms with Crippen molar-refractivity contribution in [2.75, 3.05) is 44.7 Å². The molecule has 2 amide bonds. The van der Waals surface area contributed by atoms with Crippen molar-refractivity contribution in [3.8, 4) is 23.0 Å². The van der Waals surface area contributed by atoms with E-state index in [1.165, 1.54) is 35.1 Å². The third kappa shape index (κ3) is 21.0. The summed E-state index contributed by atoms with van der Waals surface area (Å²) < 4.78 is 97.4. The van der Waals surface area contributed by atoms with Crippen LogP contribution in [0.2, 0.25) is 10.0 Å². The van der Waals surface area contributed by atoms with Crippen LogP contribution in [0, 0.1) is 5.92 Å². The molecule has 1 N–H and O–H groups in total. The number of benzene rings is 8. The number of anilines is 2. The first-order valence-electron chi connectivity index (χ1n) is 27.1. The molecule has 8 aromatic rings. The summed E-state index contributed by atoms with van der Waals surface area (Å²) in [6, 6.07) is 50.2. The van der Waals surface area contributed by atoms with Gasteiger partial charge in [0.05, 0.1) is 48.1 Å². The van der Waals surface area contributed by atoms with Crippen LogP contribution in [-0.2, 0) is 46.9 Å². The van der Waals surface area contributed by atoms with Gasteiger partial charge in [-0.05, 0) is 156 Å². The number of ether oxygens (including phenoxy) is 4. The van der Waals surface area contributed by atoms with Gasteiger partial charge in [0.25, 0.3) is 5.91 Å². The van der Waals surface area contributed by atoms with E-state index >= 15 is 0 Å². The van der Waals surface area contributed by atoms with Crippen LogP contribution in [-0.4, -0.2) is 69.6 Å². The number of alkyl halides is 7. The Kier molecular flexibility index (Phi) is 28.0. The zero-order valence-electron chi connectivity index (χ0n) is 50.0. The monoisotopic (exact) mass is 1350 g/mol. The minimum atomic E-state index is -4.44. The normalized spacial score (nSPS) is 13.5. The van der Waals surface area contributed by atoms with Crippen LogP contribution in [0.3, 0.4) is 0 Å². The fourth-order valence-electron chi connectivity index (χ4n) is 8.72. The standard InChI is InChI=1S/C32H26ClF3N2O3.C24H21ClN2O3.C8H6BrF3.C4H9.K.H2O/c1-38-29-16-11-24(33)18-27(29)30(37-28(31(38)39)17-20-3-9-23(10-4-20)32(34,35)36)22-7-14-26(15-8-22)41-19-21-5-12-25(40-2)13-6-21;1-27-22-12-7-18(25)13-21(22)24(26-14-23(27)28)17-5-10-20(11-6-17)30-15-16-3-8-19(29-2)9-4-16;9-5-6-1-3-7(4-2-6)8(10,11)12;1-4(2)3;;/h3-16,18,28H,17,19H2,1-2H3;3-13H,14-15H2,1-2H3;1-4H,5H2;1-3H3;;1H2/q;;;-1;+1;/p-1. The first-order valence-corrected chi connectivity index (χ1v) is 29.0. The SMILES string of the molecule is COc1ccc(COc2ccc(C3=NC(Cc4ccc(C(F)(F)F)cc4)C(=O)N(C)c4ccc(Cl)cc43)cc2)cc1.COc1ccc(COc2ccc(C3=NCC(=O)N(C)c4ccc(Cl)cc43)cc2)cc1.C[C-](C)C.FC(F)(F)c1ccc(CBr)cc1.[K+].[OH-]. The average Bonchev–Trinajstić information content (AvgIpc) is 2.41. The molecule has 0 aliphatic carbocycles. The van der Waals surface area contributed by atoms with Gasteiger partial charge < -0.3 is 40.1 Å². The number of fused-ring (bicyclic) bond motifs is 2. The number of benzodiazepines with no additional fused rings is 2. The molecule has 0 spiro atoms. The molecule has 10 rings (SSSR count). The van der Waals surface area contributed by atoms with Crippen molar-refractivity contribution < 1.29 is 112 Å². The number of aliphatic imine (C=N–C) groups is 2. The number of likely N-dealkylation sites (N-methyl/N-ethyl adjacent to an activating group) is 2. The second kappa shape index (κ2) is 34.1. The van der Waals surface area contributed by atoms with Gasteiger partial charge in [0, 0.05) is 58.1 Å². The number of nitrogens with zero attached hydrogens (tertiary/aromatic N) is 4. The van der Waals surface area contributed by atoms with Crippen molar-refractivity contribution in [1.82, 2.24) is 0 Å². The summed E-state index contributed by atoms with van der Waals surface area (Å²) >= 11 is 15.7. The van der Waals surface area contributed by atoms with E-state index < -0.39 is 29.5 Å². The van der Waals surface area contributed by atoms with Crippen molar-refractivity contribution in [2.45, 2.75) is 64.1 Å². The van der Waals surface area contributed by atoms with Gasteiger partial charge in [-0.1, -0.05) is 87.7 Å². The molecule has 2 aliphatic heterocycles. The van der Waals surface area contributed by atoms with E-state index in [2.05, 4.69) is 41.7 Å². The van der Waals surface area contributed by atoms with Gasteiger partial charge in [-0.2, -0.15) is 47.1 Å². The third-order valence-corrected chi connectivity index (χ3v) is 14.4. The molecule has 0 aromatic heterocycles. The molecule has 0 saturated carbocycles. The summed E-state index contributed by atoms with van der Waals surface area (Å²) in [6.07, 6.45) is -8.53. The number of hydrogen-bond donors (Lipinski definition) is 0. The van der Waals surface area contributed by atoms with Crippen molar-refractivity contribution in [2.24, 2.45) is 9.98 Å². The quantitative estimate of drug-likeness (QED) is 0.0486. The molecule has 0 fully saturated rings. The second-order valence-corrected chi connectivity index (χ2v) is 21.8. The summed E-state index contributed by atoms with van der Waals surface area (Å²) in [5.41, 5.74) is 7.97. The number of amides is 2. The molecule has 1 unspecified atom stereocenters. The summed E-state index contributed by atoms with van der Waals surface area (Å²) in [7, 11) is 6.67. The summed E-state index contributed by atoms with van der Waals surface area (Å²) in [5.74, 6) is 4.07. The van der Waals surface area contributed by atoms with E-state index in [4.69, 9.17) is 47.1 Å². The van der Waals surface area contributed by atoms with Gasteiger partial charge in [-0.3, -0.25) is 19.6 Å². The smallest absolute Gasteiger partial charge is 0.870 e. The molecule has 1 atom stereocenters. The fourth-order valence-corrected chi connectivity index (χ4v) is 9.43. The summed E-state index contributed by atoms with van der Waals surface area (Å²) in [4.78, 5) is 38.4. The average molecular weight is 1350 g/mol. The predicted molar refractivity (Wildman–Crippen MR) is 339 cm³/mol. The number of halogens is 9. The Morgan fingerprint density at radius 3 is 1.31 bits per heavy atom. The van der Waals surface area contributed by atoms with Gasteiger partial charge in [0.1, 0.15) is 48.8 Å². The first kappa shape index (κ1) is 73.2. The minimum absolute atomic E-state index is 0. The van der Waals surface area contributed by atoms with E-state index in [9.17, 15) is 35.9 Å². The maximum Gasteiger partial charge on any atom is 1.00 e. The predicted octanol–water partition coefficient (Wildman–Crippen LogP) is 14.2. The van der Waals surface area contributed by atoms with Crippen LogP contribution in [0.5, 0.6) is 23.0 Å². The van der Waals surface area contributed by atoms with Crippen LogP contribution in [0.4, 0.5) is 37.7 Å². The zero-order valence-corrected chi connectivity index (χ0v) is 56.2. The van der Waals surface area contributed by atoms with Crippen molar-refractivity contribution >= 4 is 73.7 Å². The van der Waals surface area contributed by atoms with E-state index in [-0.39, 0.29) is 81.6 Å². The molecule has 462 valence electrons. The van der Waals surface area contributed by atoms with E-state index in [0.29, 0.717) is 56.9 Å². The van der Waals surface area contributed by atoms with Crippen LogP contribution in [0.25, 0.3) is 0 Å². The molecule has 8 aromatic carbocycles. The Bertz CT molecular complexity index is 3650. The Morgan fingerprint density at radius 1 is 0.539 bits per heavy atom. The van der Waals surface area contributed by atoms with Crippen molar-refractivity contribution in [1.29, 1.82) is 0 Å². The van der Waals surface area contributed by atoms with Gasteiger partial charge in [0.2, 0.25) is 5.91 Å². The summed E-state index contributed by atoms with van der Waals surface area (Å²) in [6.45, 7) is 7.17. The third-order valence-electron chi connectivity index (χ3n) is 13.3. The van der Waals surface area contributed by atoms with E-state index in [1.807, 2.05) is 109 Å². The number of methoxy groups -OCH3 is 2. The molecule has 21 heteroatoms. The molecular weight excluding hydrogens is 1290 g/mol. The molecule has 0 radical (unpaired) electrons. The number of carbonyl (C=O) groups is 2. The Hall–Kier alpha value is -6.52. The molecule has 0 bridgehead atoms. The van der Waals surface area contributed by atoms with Gasteiger partial charge >= 0.3 is 63.7 Å². The van der Waals surface area contributed by atoms with Crippen LogP contribution in [0.15, 0.2) is 192 Å². The molecule has 89 heavy (non-hydrogen) atoms. The Balaban J connectivity index is 0.000000262. The maximum absolute atomic E-state index is 13.5. The molecular formula is C68H63BrCl2F6KN4O7-. The number of rotatable bonds is 13. The van der Waals surface area contributed by atoms with Crippen LogP contribution in [0.1, 0.15) is 76.4 Å². The molecule has 2 aliphatic rings. The van der Waals surface area contributed by atoms with Crippen molar-refractivity contribution in [3.63, 3.8) is 0 Å². The van der Waals surface area contributed by atoms with Gasteiger partial charge in [0.15, 0.2) is 0 Å². The van der Waals surface area contributed by atoms with Gasteiger partial charge in [-0.25, -0.2) is 0 Å². The maximum atomic E-state index is 13.5. The van der Waals surface area contributed by atoms with Crippen LogP contribution < -0.4 is 80.1 Å². The second-order valence-electron chi connectivity index (χ2n) is 20.4. The first-order chi connectivity index (χ1) is 41.4. The largest absolute Gasteiger partial charge is 1.00 e. The molecule has 0 saturated heterocycles. The fraction of sp³-hybridized carbons (Fsp3) is 0.221. The molecule has 11 nitrogen and oxygen atoms in total. The van der Waals surface area contributed by atoms with E-state index in [1.54, 1.807) is 57.5 Å². The topological polar surface area (TPSA) is 132 Å². The summed E-state index contributed by atoms with van der Waals surface area (Å²) in [5, 5.41) is 1.66. The molecule has 2 heterocycles. The van der Waals surface area contributed by atoms with E-state index in [0.717, 1.165) is 86.3 Å². The zero-order chi connectivity index (χ0) is 63.0. The Morgan fingerprint density at radius 2 is 0.910 bits per heavy atom. The Labute approximate surface area is 575 Å². The minimum Gasteiger partial charge on any atom is -0.870 e. The number of carbonyl (C=O) groups excluding carboxylic acids is 2. The van der Waals surface area contributed by atoms with Crippen LogP contribution >= 0.6 is 39.1 Å². The van der Waals surface area contributed by atoms with Gasteiger partial charge in [-0.15, -0.1) is 0 Å². The van der Waals surface area contributed by atoms with Crippen molar-refractivity contribution in [3.05, 3.63) is 254 Å².